The summed E-state index contributed by atoms with van der Waals surface area (Å²) in [6.07, 6.45) is 0.994. The molecule has 160 valence electrons. The number of hydrogen-bond acceptors (Lipinski definition) is 7. The lowest BCUT2D eigenvalue weighted by Crippen LogP contribution is -2.13. The lowest BCUT2D eigenvalue weighted by molar-refractivity contribution is -0.147. The van der Waals surface area contributed by atoms with Crippen molar-refractivity contribution in [2.24, 2.45) is 0 Å². The Kier molecular flexibility index (Phi) is 7.65. The van der Waals surface area contributed by atoms with E-state index in [1.165, 1.54) is 58.8 Å². The number of aliphatic hydroxyl groups is 1. The highest BCUT2D eigenvalue weighted by molar-refractivity contribution is 6.02. The van der Waals surface area contributed by atoms with Gasteiger partial charge in [0.25, 0.3) is 0 Å². The topological polar surface area (TPSA) is 124 Å². The number of hydrogen-bond donors (Lipinski definition) is 3. The Morgan fingerprint density at radius 2 is 1.53 bits per heavy atom. The van der Waals surface area contributed by atoms with E-state index in [1.54, 1.807) is 12.1 Å². The Bertz CT molecular complexity index is 929. The number of carboxylic acids is 1. The number of amides is 1. The van der Waals surface area contributed by atoms with Crippen molar-refractivity contribution >= 4 is 23.6 Å². The molecule has 0 radical (unpaired) electrons. The van der Waals surface area contributed by atoms with E-state index in [0.29, 0.717) is 22.8 Å². The molecule has 9 nitrogen and oxygen atoms in total. The highest BCUT2D eigenvalue weighted by atomic mass is 16.5. The second-order valence-electron chi connectivity index (χ2n) is 5.97. The first-order chi connectivity index (χ1) is 14.3. The molecular weight excluding hydrogens is 394 g/mol. The highest BCUT2D eigenvalue weighted by Crippen LogP contribution is 2.35. The number of benzene rings is 2. The quantitative estimate of drug-likeness (QED) is 0.532. The molecule has 3 N–H and O–H groups in total. The van der Waals surface area contributed by atoms with Gasteiger partial charge in [0.1, 0.15) is 23.0 Å². The van der Waals surface area contributed by atoms with Crippen molar-refractivity contribution in [2.45, 2.75) is 6.10 Å². The van der Waals surface area contributed by atoms with Crippen LogP contribution in [0.25, 0.3) is 6.08 Å². The summed E-state index contributed by atoms with van der Waals surface area (Å²) in [6.45, 7) is 0. The average Bonchev–Trinajstić information content (AvgIpc) is 2.76. The SMILES string of the molecule is COc1cc(OC)c(/C=C/C(=O)Nc2ccc(OC)c(C(O)C(=O)O)c2)c(OC)c1. The Labute approximate surface area is 173 Å². The van der Waals surface area contributed by atoms with Gasteiger partial charge in [-0.2, -0.15) is 0 Å². The van der Waals surface area contributed by atoms with Crippen LogP contribution in [0.1, 0.15) is 17.2 Å². The first-order valence-corrected chi connectivity index (χ1v) is 8.72. The fourth-order valence-electron chi connectivity index (χ4n) is 2.70. The molecule has 1 atom stereocenters. The molecule has 2 rings (SSSR count). The summed E-state index contributed by atoms with van der Waals surface area (Å²) in [6, 6.07) is 7.62. The third kappa shape index (κ3) is 5.21. The lowest BCUT2D eigenvalue weighted by atomic mass is 10.1. The van der Waals surface area contributed by atoms with Gasteiger partial charge in [-0.05, 0) is 24.3 Å². The summed E-state index contributed by atoms with van der Waals surface area (Å²) in [5.41, 5.74) is 0.840. The van der Waals surface area contributed by atoms with E-state index < -0.39 is 18.0 Å². The minimum absolute atomic E-state index is 0.0188. The van der Waals surface area contributed by atoms with Crippen molar-refractivity contribution in [3.8, 4) is 23.0 Å². The zero-order valence-corrected chi connectivity index (χ0v) is 17.0. The van der Waals surface area contributed by atoms with E-state index in [0.717, 1.165) is 0 Å². The van der Waals surface area contributed by atoms with Gasteiger partial charge in [-0.3, -0.25) is 4.79 Å². The first-order valence-electron chi connectivity index (χ1n) is 8.72. The Morgan fingerprint density at radius 3 is 2.03 bits per heavy atom. The summed E-state index contributed by atoms with van der Waals surface area (Å²) in [7, 11) is 5.84. The van der Waals surface area contributed by atoms with Gasteiger partial charge in [-0.25, -0.2) is 4.79 Å². The minimum Gasteiger partial charge on any atom is -0.496 e. The van der Waals surface area contributed by atoms with Crippen LogP contribution in [0.5, 0.6) is 23.0 Å². The van der Waals surface area contributed by atoms with Gasteiger partial charge in [0.05, 0.1) is 34.0 Å². The summed E-state index contributed by atoms with van der Waals surface area (Å²) in [4.78, 5) is 23.5. The van der Waals surface area contributed by atoms with Gasteiger partial charge in [0, 0.05) is 29.5 Å². The number of aliphatic carboxylic acids is 1. The van der Waals surface area contributed by atoms with Crippen LogP contribution >= 0.6 is 0 Å². The number of carbonyl (C=O) groups excluding carboxylic acids is 1. The number of ether oxygens (including phenoxy) is 4. The van der Waals surface area contributed by atoms with Crippen LogP contribution in [0.4, 0.5) is 5.69 Å². The van der Waals surface area contributed by atoms with Crippen LogP contribution in [-0.2, 0) is 9.59 Å². The van der Waals surface area contributed by atoms with Gasteiger partial charge in [-0.1, -0.05) is 0 Å². The molecule has 0 fully saturated rings. The van der Waals surface area contributed by atoms with Gasteiger partial charge in [-0.15, -0.1) is 0 Å². The smallest absolute Gasteiger partial charge is 0.337 e. The maximum atomic E-state index is 12.4. The van der Waals surface area contributed by atoms with Crippen LogP contribution in [-0.4, -0.2) is 50.5 Å². The van der Waals surface area contributed by atoms with Crippen LogP contribution in [0, 0.1) is 0 Å². The Hall–Kier alpha value is -3.72. The molecule has 1 unspecified atom stereocenters. The van der Waals surface area contributed by atoms with Gasteiger partial charge in [0.15, 0.2) is 6.10 Å². The largest absolute Gasteiger partial charge is 0.496 e. The summed E-state index contributed by atoms with van der Waals surface area (Å²) < 4.78 is 20.9. The molecule has 2 aromatic carbocycles. The fourth-order valence-corrected chi connectivity index (χ4v) is 2.70. The Balaban J connectivity index is 2.27. The number of carboxylic acid groups (broad SMARTS) is 1. The van der Waals surface area contributed by atoms with Crippen LogP contribution in [0.2, 0.25) is 0 Å². The van der Waals surface area contributed by atoms with Crippen molar-refractivity contribution in [1.82, 2.24) is 0 Å². The standard InChI is InChI=1S/C21H23NO8/c1-27-13-10-17(29-3)14(18(11-13)30-4)6-8-19(23)22-12-5-7-16(28-2)15(9-12)20(24)21(25)26/h5-11,20,24H,1-4H3,(H,22,23)(H,25,26)/b8-6+. The summed E-state index contributed by atoms with van der Waals surface area (Å²) >= 11 is 0. The normalized spacial score (nSPS) is 11.6. The molecule has 9 heteroatoms. The van der Waals surface area contributed by atoms with Crippen LogP contribution in [0.3, 0.4) is 0 Å². The number of methoxy groups -OCH3 is 4. The van der Waals surface area contributed by atoms with Crippen molar-refractivity contribution in [3.63, 3.8) is 0 Å². The number of aliphatic hydroxyl groups excluding tert-OH is 1. The molecule has 0 aliphatic rings. The molecule has 0 saturated heterocycles. The molecule has 0 aromatic heterocycles. The molecule has 1 amide bonds. The third-order valence-electron chi connectivity index (χ3n) is 4.18. The lowest BCUT2D eigenvalue weighted by Gasteiger charge is -2.14. The first kappa shape index (κ1) is 22.6. The number of anilines is 1. The maximum Gasteiger partial charge on any atom is 0.337 e. The molecule has 0 bridgehead atoms. The van der Waals surface area contributed by atoms with Gasteiger partial charge in [0.2, 0.25) is 5.91 Å². The van der Waals surface area contributed by atoms with Crippen molar-refractivity contribution in [3.05, 3.63) is 47.5 Å². The monoisotopic (exact) mass is 417 g/mol. The number of nitrogens with one attached hydrogen (secondary N) is 1. The van der Waals surface area contributed by atoms with Crippen molar-refractivity contribution < 1.29 is 38.7 Å². The van der Waals surface area contributed by atoms with Gasteiger partial charge < -0.3 is 34.5 Å². The zero-order valence-electron chi connectivity index (χ0n) is 17.0. The van der Waals surface area contributed by atoms with Crippen molar-refractivity contribution in [2.75, 3.05) is 33.8 Å². The minimum atomic E-state index is -1.79. The Morgan fingerprint density at radius 1 is 0.933 bits per heavy atom. The van der Waals surface area contributed by atoms with E-state index in [2.05, 4.69) is 5.32 Å². The third-order valence-corrected chi connectivity index (χ3v) is 4.18. The van der Waals surface area contributed by atoms with Crippen molar-refractivity contribution in [1.29, 1.82) is 0 Å². The summed E-state index contributed by atoms with van der Waals surface area (Å²) in [5.74, 6) is -0.302. The second-order valence-corrected chi connectivity index (χ2v) is 5.97. The predicted octanol–water partition coefficient (Wildman–Crippen LogP) is 2.49. The number of carbonyl (C=O) groups is 2. The molecule has 30 heavy (non-hydrogen) atoms. The zero-order chi connectivity index (χ0) is 22.3. The van der Waals surface area contributed by atoms with E-state index in [4.69, 9.17) is 24.1 Å². The highest BCUT2D eigenvalue weighted by Gasteiger charge is 2.21. The van der Waals surface area contributed by atoms with E-state index >= 15 is 0 Å². The molecule has 0 spiro atoms. The molecule has 0 aliphatic heterocycles. The van der Waals surface area contributed by atoms with E-state index in [9.17, 15) is 14.7 Å². The van der Waals surface area contributed by atoms with Crippen LogP contribution < -0.4 is 24.3 Å². The van der Waals surface area contributed by atoms with Crippen LogP contribution in [0.15, 0.2) is 36.4 Å². The summed E-state index contributed by atoms with van der Waals surface area (Å²) in [5, 5.41) is 21.5. The molecular formula is C21H23NO8. The van der Waals surface area contributed by atoms with Gasteiger partial charge >= 0.3 is 5.97 Å². The molecule has 0 aliphatic carbocycles. The average molecular weight is 417 g/mol. The van der Waals surface area contributed by atoms with E-state index in [-0.39, 0.29) is 17.0 Å². The molecule has 0 saturated carbocycles. The molecule has 2 aromatic rings. The second kappa shape index (κ2) is 10.2. The maximum absolute atomic E-state index is 12.4. The molecule has 0 heterocycles. The van der Waals surface area contributed by atoms with E-state index in [1.807, 2.05) is 0 Å². The fraction of sp³-hybridized carbons (Fsp3) is 0.238. The number of rotatable bonds is 9. The predicted molar refractivity (Wildman–Crippen MR) is 109 cm³/mol.